The zero-order valence-corrected chi connectivity index (χ0v) is 18.5. The van der Waals surface area contributed by atoms with Gasteiger partial charge in [-0.25, -0.2) is 4.68 Å². The summed E-state index contributed by atoms with van der Waals surface area (Å²) in [6.45, 7) is 4.17. The van der Waals surface area contributed by atoms with Crippen molar-refractivity contribution >= 4 is 34.9 Å². The minimum Gasteiger partial charge on any atom is -0.508 e. The number of rotatable bonds is 2. The van der Waals surface area contributed by atoms with Crippen molar-refractivity contribution in [2.75, 3.05) is 5.32 Å². The van der Waals surface area contributed by atoms with Crippen molar-refractivity contribution in [2.45, 2.75) is 32.7 Å². The van der Waals surface area contributed by atoms with Gasteiger partial charge in [-0.05, 0) is 47.7 Å². The maximum atomic E-state index is 13.2. The molecule has 1 aromatic heterocycles. The molecule has 0 saturated carbocycles. The van der Waals surface area contributed by atoms with Gasteiger partial charge in [0.25, 0.3) is 0 Å². The lowest BCUT2D eigenvalue weighted by Gasteiger charge is -2.38. The number of Topliss-reactive ketones (excluding diaryl/α,β-unsaturated/α-hetero) is 1. The summed E-state index contributed by atoms with van der Waals surface area (Å²) >= 11 is 12.4. The second-order valence-electron chi connectivity index (χ2n) is 8.78. The number of nitrogens with one attached hydrogen (secondary N) is 1. The topological polar surface area (TPSA) is 80.0 Å². The number of phenols is 1. The number of aromatic hydroxyl groups is 1. The lowest BCUT2D eigenvalue weighted by Crippen LogP contribution is -2.36. The minimum atomic E-state index is -0.442. The SMILES string of the molecule is CC1(C)CC(=O)C2=C(C1)Nc1nc(-c3ccc(Cl)cc3Cl)nn1[C@@H]2c1ccc(O)cc1. The maximum Gasteiger partial charge on any atom is 0.226 e. The first kappa shape index (κ1) is 20.1. The summed E-state index contributed by atoms with van der Waals surface area (Å²) < 4.78 is 1.72. The highest BCUT2D eigenvalue weighted by Crippen LogP contribution is 2.46. The predicted octanol–water partition coefficient (Wildman–Crippen LogP) is 5.62. The quantitative estimate of drug-likeness (QED) is 0.525. The van der Waals surface area contributed by atoms with Gasteiger partial charge in [-0.15, -0.1) is 5.10 Å². The fourth-order valence-electron chi connectivity index (χ4n) is 4.36. The van der Waals surface area contributed by atoms with Crippen molar-refractivity contribution in [3.05, 3.63) is 69.3 Å². The first-order valence-electron chi connectivity index (χ1n) is 9.96. The Morgan fingerprint density at radius 1 is 1.13 bits per heavy atom. The predicted molar refractivity (Wildman–Crippen MR) is 120 cm³/mol. The summed E-state index contributed by atoms with van der Waals surface area (Å²) in [4.78, 5) is 17.9. The van der Waals surface area contributed by atoms with Gasteiger partial charge in [0.1, 0.15) is 11.8 Å². The summed E-state index contributed by atoms with van der Waals surface area (Å²) in [5.41, 5.74) is 2.92. The molecule has 0 unspecified atom stereocenters. The molecule has 3 aromatic rings. The van der Waals surface area contributed by atoms with Crippen LogP contribution in [0, 0.1) is 5.41 Å². The molecule has 2 aromatic carbocycles. The lowest BCUT2D eigenvalue weighted by molar-refractivity contribution is -0.118. The molecular formula is C23H20Cl2N4O2. The molecule has 5 rings (SSSR count). The normalized spacial score (nSPS) is 19.6. The summed E-state index contributed by atoms with van der Waals surface area (Å²) in [7, 11) is 0. The van der Waals surface area contributed by atoms with E-state index in [0.29, 0.717) is 39.4 Å². The highest BCUT2D eigenvalue weighted by atomic mass is 35.5. The van der Waals surface area contributed by atoms with Crippen molar-refractivity contribution in [1.29, 1.82) is 0 Å². The summed E-state index contributed by atoms with van der Waals surface area (Å²) in [5.74, 6) is 1.24. The van der Waals surface area contributed by atoms with E-state index in [1.807, 2.05) is 12.1 Å². The van der Waals surface area contributed by atoms with Crippen LogP contribution in [0.4, 0.5) is 5.95 Å². The van der Waals surface area contributed by atoms with Crippen LogP contribution in [-0.4, -0.2) is 25.7 Å². The number of carbonyl (C=O) groups is 1. The number of halogens is 2. The number of benzene rings is 2. The molecule has 31 heavy (non-hydrogen) atoms. The highest BCUT2D eigenvalue weighted by Gasteiger charge is 2.42. The van der Waals surface area contributed by atoms with E-state index in [1.165, 1.54) is 0 Å². The van der Waals surface area contributed by atoms with Crippen LogP contribution >= 0.6 is 23.2 Å². The number of phenolic OH excluding ortho intramolecular Hbond substituents is 1. The number of aromatic nitrogens is 3. The summed E-state index contributed by atoms with van der Waals surface area (Å²) in [5, 5.41) is 18.8. The van der Waals surface area contributed by atoms with Crippen molar-refractivity contribution in [3.8, 4) is 17.1 Å². The smallest absolute Gasteiger partial charge is 0.226 e. The Bertz CT molecular complexity index is 1240. The van der Waals surface area contributed by atoms with Gasteiger partial charge >= 0.3 is 0 Å². The lowest BCUT2D eigenvalue weighted by atomic mass is 9.73. The molecule has 2 N–H and O–H groups in total. The van der Waals surface area contributed by atoms with Crippen LogP contribution in [0.1, 0.15) is 38.3 Å². The van der Waals surface area contributed by atoms with Gasteiger partial charge in [0.2, 0.25) is 5.95 Å². The summed E-state index contributed by atoms with van der Waals surface area (Å²) in [6.07, 6.45) is 1.19. The van der Waals surface area contributed by atoms with E-state index in [0.717, 1.165) is 17.7 Å². The van der Waals surface area contributed by atoms with E-state index in [2.05, 4.69) is 24.1 Å². The molecule has 1 atom stereocenters. The van der Waals surface area contributed by atoms with Crippen LogP contribution in [0.25, 0.3) is 11.4 Å². The maximum absolute atomic E-state index is 13.2. The molecule has 0 saturated heterocycles. The van der Waals surface area contributed by atoms with Gasteiger partial charge in [-0.1, -0.05) is 49.2 Å². The fraction of sp³-hybridized carbons (Fsp3) is 0.261. The average Bonchev–Trinajstić information content (AvgIpc) is 3.09. The minimum absolute atomic E-state index is 0.0871. The summed E-state index contributed by atoms with van der Waals surface area (Å²) in [6, 6.07) is 11.6. The van der Waals surface area contributed by atoms with Crippen LogP contribution in [0.3, 0.4) is 0 Å². The second kappa shape index (κ2) is 7.11. The third-order valence-electron chi connectivity index (χ3n) is 5.71. The molecular weight excluding hydrogens is 435 g/mol. The van der Waals surface area contributed by atoms with Gasteiger partial charge in [0.05, 0.1) is 5.02 Å². The van der Waals surface area contributed by atoms with Crippen LogP contribution in [-0.2, 0) is 4.79 Å². The molecule has 0 amide bonds. The Morgan fingerprint density at radius 3 is 2.58 bits per heavy atom. The van der Waals surface area contributed by atoms with Crippen LogP contribution in [0.2, 0.25) is 10.0 Å². The first-order valence-corrected chi connectivity index (χ1v) is 10.7. The van der Waals surface area contributed by atoms with Gasteiger partial charge < -0.3 is 10.4 Å². The van der Waals surface area contributed by atoms with Crippen molar-refractivity contribution in [1.82, 2.24) is 14.8 Å². The molecule has 8 heteroatoms. The van der Waals surface area contributed by atoms with Crippen LogP contribution in [0.5, 0.6) is 5.75 Å². The molecule has 158 valence electrons. The van der Waals surface area contributed by atoms with Crippen LogP contribution < -0.4 is 5.32 Å². The van der Waals surface area contributed by atoms with E-state index in [1.54, 1.807) is 35.0 Å². The van der Waals surface area contributed by atoms with Gasteiger partial charge in [0.15, 0.2) is 11.6 Å². The zero-order valence-electron chi connectivity index (χ0n) is 17.0. The second-order valence-corrected chi connectivity index (χ2v) is 9.62. The molecule has 1 aliphatic carbocycles. The van der Waals surface area contributed by atoms with Crippen LogP contribution in [0.15, 0.2) is 53.7 Å². The van der Waals surface area contributed by atoms with E-state index < -0.39 is 6.04 Å². The number of nitrogens with zero attached hydrogens (tertiary/aromatic N) is 3. The number of anilines is 1. The number of hydrogen-bond acceptors (Lipinski definition) is 5. The molecule has 2 aliphatic rings. The molecule has 6 nitrogen and oxygen atoms in total. The zero-order chi connectivity index (χ0) is 21.9. The Morgan fingerprint density at radius 2 is 1.87 bits per heavy atom. The third kappa shape index (κ3) is 3.50. The monoisotopic (exact) mass is 454 g/mol. The van der Waals surface area contributed by atoms with Crippen molar-refractivity contribution < 1.29 is 9.90 Å². The molecule has 0 radical (unpaired) electrons. The Labute approximate surface area is 189 Å². The number of ketones is 1. The van der Waals surface area contributed by atoms with E-state index in [4.69, 9.17) is 28.3 Å². The third-order valence-corrected chi connectivity index (χ3v) is 6.26. The van der Waals surface area contributed by atoms with E-state index in [9.17, 15) is 9.90 Å². The number of allylic oxidation sites excluding steroid dienone is 2. The standard InChI is InChI=1S/C23H20Cl2N4O2/c1-23(2)10-17-19(18(31)11-23)20(12-3-6-14(30)7-4-12)29-22(26-17)27-21(28-29)15-8-5-13(24)9-16(15)25/h3-9,20,30H,10-11H2,1-2H3,(H,26,27,28)/t20-/m1/s1. The van der Waals surface area contributed by atoms with Gasteiger partial charge in [0, 0.05) is 28.3 Å². The fourth-order valence-corrected chi connectivity index (χ4v) is 4.85. The molecule has 0 fully saturated rings. The van der Waals surface area contributed by atoms with Crippen molar-refractivity contribution in [3.63, 3.8) is 0 Å². The highest BCUT2D eigenvalue weighted by molar-refractivity contribution is 6.36. The average molecular weight is 455 g/mol. The Kier molecular flexibility index (Phi) is 4.61. The molecule has 1 aliphatic heterocycles. The first-order chi connectivity index (χ1) is 14.7. The van der Waals surface area contributed by atoms with Crippen molar-refractivity contribution in [2.24, 2.45) is 5.41 Å². The van der Waals surface area contributed by atoms with E-state index in [-0.39, 0.29) is 16.9 Å². The Hall–Kier alpha value is -2.83. The number of fused-ring (bicyclic) bond motifs is 1. The van der Waals surface area contributed by atoms with Gasteiger partial charge in [-0.2, -0.15) is 4.98 Å². The van der Waals surface area contributed by atoms with E-state index >= 15 is 0 Å². The molecule has 0 bridgehead atoms. The largest absolute Gasteiger partial charge is 0.508 e. The van der Waals surface area contributed by atoms with Gasteiger partial charge in [-0.3, -0.25) is 4.79 Å². The molecule has 0 spiro atoms. The number of carbonyl (C=O) groups excluding carboxylic acids is 1. The molecule has 2 heterocycles. The number of hydrogen-bond donors (Lipinski definition) is 2. The Balaban J connectivity index is 1.68.